The molecule has 70 valence electrons. The highest BCUT2D eigenvalue weighted by molar-refractivity contribution is 5.92. The van der Waals surface area contributed by atoms with Crippen molar-refractivity contribution in [3.63, 3.8) is 0 Å². The molecular formula is C10H7FN2O. The summed E-state index contributed by atoms with van der Waals surface area (Å²) in [6, 6.07) is 4.37. The Morgan fingerprint density at radius 3 is 3.00 bits per heavy atom. The van der Waals surface area contributed by atoms with Crippen LogP contribution >= 0.6 is 0 Å². The predicted molar refractivity (Wildman–Crippen MR) is 50.7 cm³/mol. The first-order valence-corrected chi connectivity index (χ1v) is 4.05. The Morgan fingerprint density at radius 2 is 2.29 bits per heavy atom. The van der Waals surface area contributed by atoms with Crippen LogP contribution in [0.3, 0.4) is 0 Å². The van der Waals surface area contributed by atoms with Crippen molar-refractivity contribution in [1.29, 1.82) is 0 Å². The molecule has 1 heterocycles. The Kier molecular flexibility index (Phi) is 1.91. The smallest absolute Gasteiger partial charge is 0.240 e. The van der Waals surface area contributed by atoms with Crippen LogP contribution in [0, 0.1) is 5.82 Å². The van der Waals surface area contributed by atoms with Crippen LogP contribution in [0.2, 0.25) is 0 Å². The average Bonchev–Trinajstić information content (AvgIpc) is 2.44. The number of fused-ring (bicyclic) bond motifs is 1. The molecule has 0 aliphatic heterocycles. The lowest BCUT2D eigenvalue weighted by atomic mass is 10.2. The summed E-state index contributed by atoms with van der Waals surface area (Å²) < 4.78 is 14.7. The average molecular weight is 190 g/mol. The molecule has 14 heavy (non-hydrogen) atoms. The summed E-state index contributed by atoms with van der Waals surface area (Å²) in [4.78, 5) is 13.6. The van der Waals surface area contributed by atoms with Crippen molar-refractivity contribution in [2.45, 2.75) is 0 Å². The minimum Gasteiger partial charge on any atom is -0.348 e. The van der Waals surface area contributed by atoms with Crippen LogP contribution < -0.4 is 0 Å². The first kappa shape index (κ1) is 8.66. The molecule has 3 nitrogen and oxygen atoms in total. The zero-order valence-electron chi connectivity index (χ0n) is 7.49. The van der Waals surface area contributed by atoms with E-state index in [0.29, 0.717) is 11.1 Å². The molecule has 0 aliphatic carbocycles. The molecule has 0 saturated heterocycles. The summed E-state index contributed by atoms with van der Waals surface area (Å²) in [7, 11) is 1.81. The molecule has 0 spiro atoms. The van der Waals surface area contributed by atoms with Gasteiger partial charge in [-0.25, -0.2) is 9.18 Å². The molecule has 1 aromatic carbocycles. The molecule has 0 bridgehead atoms. The quantitative estimate of drug-likeness (QED) is 0.501. The van der Waals surface area contributed by atoms with Crippen LogP contribution in [0.5, 0.6) is 0 Å². The fourth-order valence-electron chi connectivity index (χ4n) is 1.48. The molecular weight excluding hydrogens is 183 g/mol. The summed E-state index contributed by atoms with van der Waals surface area (Å²) in [6.07, 6.45) is 3.11. The zero-order chi connectivity index (χ0) is 10.1. The summed E-state index contributed by atoms with van der Waals surface area (Å²) >= 11 is 0. The van der Waals surface area contributed by atoms with E-state index < -0.39 is 0 Å². The topological polar surface area (TPSA) is 34.4 Å². The summed E-state index contributed by atoms with van der Waals surface area (Å²) in [6.45, 7) is 0. The van der Waals surface area contributed by atoms with Crippen molar-refractivity contribution in [2.75, 3.05) is 0 Å². The van der Waals surface area contributed by atoms with Gasteiger partial charge in [-0.1, -0.05) is 0 Å². The van der Waals surface area contributed by atoms with Crippen LogP contribution in [0.4, 0.5) is 10.1 Å². The number of rotatable bonds is 1. The Labute approximate surface area is 79.5 Å². The van der Waals surface area contributed by atoms with Crippen LogP contribution in [-0.4, -0.2) is 10.6 Å². The van der Waals surface area contributed by atoms with E-state index in [9.17, 15) is 9.18 Å². The molecule has 0 atom stereocenters. The molecule has 0 saturated carbocycles. The van der Waals surface area contributed by atoms with E-state index in [-0.39, 0.29) is 5.82 Å². The number of nitrogens with zero attached hydrogens (tertiary/aromatic N) is 2. The molecule has 0 unspecified atom stereocenters. The van der Waals surface area contributed by atoms with E-state index in [1.54, 1.807) is 16.8 Å². The van der Waals surface area contributed by atoms with E-state index in [1.807, 2.05) is 7.05 Å². The fraction of sp³-hybridized carbons (Fsp3) is 0.100. The first-order chi connectivity index (χ1) is 6.72. The van der Waals surface area contributed by atoms with Crippen LogP contribution in [0.25, 0.3) is 10.9 Å². The number of hydrogen-bond donors (Lipinski definition) is 0. The number of benzene rings is 1. The van der Waals surface area contributed by atoms with Gasteiger partial charge in [0.05, 0.1) is 5.52 Å². The maximum Gasteiger partial charge on any atom is 0.240 e. The van der Waals surface area contributed by atoms with Crippen molar-refractivity contribution in [2.24, 2.45) is 12.0 Å². The number of hydrogen-bond acceptors (Lipinski definition) is 2. The van der Waals surface area contributed by atoms with E-state index in [0.717, 1.165) is 5.52 Å². The molecule has 2 rings (SSSR count). The van der Waals surface area contributed by atoms with Crippen molar-refractivity contribution < 1.29 is 9.18 Å². The van der Waals surface area contributed by atoms with Crippen molar-refractivity contribution in [3.05, 3.63) is 30.2 Å². The third-order valence-corrected chi connectivity index (χ3v) is 2.10. The lowest BCUT2D eigenvalue weighted by molar-refractivity contribution is 0.565. The highest BCUT2D eigenvalue weighted by Crippen LogP contribution is 2.27. The molecule has 4 heteroatoms. The van der Waals surface area contributed by atoms with Crippen LogP contribution in [0.15, 0.2) is 29.4 Å². The molecule has 0 N–H and O–H groups in total. The molecule has 0 fully saturated rings. The van der Waals surface area contributed by atoms with Gasteiger partial charge in [-0.15, -0.1) is 0 Å². The SMILES string of the molecule is Cn1cc(N=C=O)c2cc(F)ccc21. The Bertz CT molecular complexity index is 538. The van der Waals surface area contributed by atoms with Crippen molar-refractivity contribution in [1.82, 2.24) is 4.57 Å². The second-order valence-corrected chi connectivity index (χ2v) is 2.99. The summed E-state index contributed by atoms with van der Waals surface area (Å²) in [5, 5.41) is 0.621. The standard InChI is InChI=1S/C10H7FN2O/c1-13-5-9(12-6-14)8-4-7(11)2-3-10(8)13/h2-5H,1H3. The maximum atomic E-state index is 12.9. The maximum absolute atomic E-state index is 12.9. The summed E-state index contributed by atoms with van der Waals surface area (Å²) in [5.74, 6) is -0.342. The van der Waals surface area contributed by atoms with Crippen LogP contribution in [0.1, 0.15) is 0 Å². The molecule has 1 aromatic heterocycles. The highest BCUT2D eigenvalue weighted by atomic mass is 19.1. The third-order valence-electron chi connectivity index (χ3n) is 2.10. The second kappa shape index (κ2) is 3.09. The Balaban J connectivity index is 2.85. The van der Waals surface area contributed by atoms with Gasteiger partial charge in [0, 0.05) is 18.6 Å². The Morgan fingerprint density at radius 1 is 1.50 bits per heavy atom. The van der Waals surface area contributed by atoms with E-state index >= 15 is 0 Å². The number of aliphatic imine (C=N–C) groups is 1. The third kappa shape index (κ3) is 1.22. The zero-order valence-corrected chi connectivity index (χ0v) is 7.49. The van der Waals surface area contributed by atoms with Gasteiger partial charge >= 0.3 is 0 Å². The summed E-state index contributed by atoms with van der Waals surface area (Å²) in [5.41, 5.74) is 1.28. The van der Waals surface area contributed by atoms with Gasteiger partial charge in [0.15, 0.2) is 0 Å². The van der Waals surface area contributed by atoms with E-state index in [2.05, 4.69) is 4.99 Å². The Hall–Kier alpha value is -1.93. The first-order valence-electron chi connectivity index (χ1n) is 4.05. The van der Waals surface area contributed by atoms with E-state index in [1.165, 1.54) is 18.2 Å². The van der Waals surface area contributed by atoms with Crippen LogP contribution in [-0.2, 0) is 11.8 Å². The van der Waals surface area contributed by atoms with Gasteiger partial charge in [0.2, 0.25) is 6.08 Å². The van der Waals surface area contributed by atoms with Gasteiger partial charge in [-0.05, 0) is 18.2 Å². The van der Waals surface area contributed by atoms with Gasteiger partial charge < -0.3 is 4.57 Å². The molecule has 0 amide bonds. The highest BCUT2D eigenvalue weighted by Gasteiger charge is 2.06. The second-order valence-electron chi connectivity index (χ2n) is 2.99. The minimum absolute atomic E-state index is 0.342. The lowest BCUT2D eigenvalue weighted by Crippen LogP contribution is -1.83. The predicted octanol–water partition coefficient (Wildman–Crippen LogP) is 2.28. The number of carbonyl (C=O) groups excluding carboxylic acids is 1. The van der Waals surface area contributed by atoms with Crippen molar-refractivity contribution in [3.8, 4) is 0 Å². The van der Waals surface area contributed by atoms with Gasteiger partial charge in [0.1, 0.15) is 11.5 Å². The fourth-order valence-corrected chi connectivity index (χ4v) is 1.48. The molecule has 0 aliphatic rings. The molecule has 0 radical (unpaired) electrons. The van der Waals surface area contributed by atoms with Crippen molar-refractivity contribution >= 4 is 22.7 Å². The van der Waals surface area contributed by atoms with Gasteiger partial charge in [-0.2, -0.15) is 4.99 Å². The largest absolute Gasteiger partial charge is 0.348 e. The molecule has 2 aromatic rings. The van der Waals surface area contributed by atoms with E-state index in [4.69, 9.17) is 0 Å². The normalized spacial score (nSPS) is 10.1. The number of aryl methyl sites for hydroxylation is 1. The number of aromatic nitrogens is 1. The lowest BCUT2D eigenvalue weighted by Gasteiger charge is -1.94. The minimum atomic E-state index is -0.342. The van der Waals surface area contributed by atoms with Gasteiger partial charge in [-0.3, -0.25) is 0 Å². The number of halogens is 1. The number of isocyanates is 1. The monoisotopic (exact) mass is 190 g/mol. The van der Waals surface area contributed by atoms with Gasteiger partial charge in [0.25, 0.3) is 0 Å².